The second-order valence-electron chi connectivity index (χ2n) is 3.51. The molecule has 0 saturated carbocycles. The van der Waals surface area contributed by atoms with E-state index in [1.165, 1.54) is 0 Å². The first kappa shape index (κ1) is 10.9. The molecule has 0 atom stereocenters. The van der Waals surface area contributed by atoms with Gasteiger partial charge >= 0.3 is 0 Å². The zero-order valence-corrected chi connectivity index (χ0v) is 10.5. The number of hydrogen-bond acceptors (Lipinski definition) is 2. The minimum absolute atomic E-state index is 0.152. The molecule has 2 aromatic heterocycles. The van der Waals surface area contributed by atoms with Gasteiger partial charge in [-0.2, -0.15) is 5.10 Å². The highest BCUT2D eigenvalue weighted by Gasteiger charge is 2.11. The van der Waals surface area contributed by atoms with E-state index in [0.717, 1.165) is 4.47 Å². The van der Waals surface area contributed by atoms with Gasteiger partial charge in [-0.3, -0.25) is 9.48 Å². The summed E-state index contributed by atoms with van der Waals surface area (Å²) >= 11 is 3.32. The lowest BCUT2D eigenvalue weighted by molar-refractivity contribution is 0.101. The maximum atomic E-state index is 11.9. The average Bonchev–Trinajstić information content (AvgIpc) is 2.73. The Bertz CT molecular complexity index is 529. The Balaban J connectivity index is 2.17. The third-order valence-electron chi connectivity index (χ3n) is 2.17. The van der Waals surface area contributed by atoms with Gasteiger partial charge in [-0.1, -0.05) is 0 Å². The van der Waals surface area contributed by atoms with Gasteiger partial charge in [0.2, 0.25) is 0 Å². The number of rotatable bonds is 2. The van der Waals surface area contributed by atoms with Crippen molar-refractivity contribution in [3.63, 3.8) is 0 Å². The van der Waals surface area contributed by atoms with E-state index >= 15 is 0 Å². The number of anilines is 1. The molecule has 0 bridgehead atoms. The fourth-order valence-corrected chi connectivity index (χ4v) is 1.95. The summed E-state index contributed by atoms with van der Waals surface area (Å²) in [6.45, 7) is 0. The molecule has 1 N–H and O–H groups in total. The van der Waals surface area contributed by atoms with Gasteiger partial charge in [0.15, 0.2) is 0 Å². The van der Waals surface area contributed by atoms with E-state index in [4.69, 9.17) is 0 Å². The highest BCUT2D eigenvalue weighted by atomic mass is 79.9. The van der Waals surface area contributed by atoms with E-state index in [0.29, 0.717) is 11.4 Å². The molecule has 0 radical (unpaired) electrons. The number of carbonyl (C=O) groups excluding carboxylic acids is 1. The number of carbonyl (C=O) groups is 1. The zero-order chi connectivity index (χ0) is 11.7. The Hall–Kier alpha value is -1.56. The van der Waals surface area contributed by atoms with Gasteiger partial charge in [-0.15, -0.1) is 0 Å². The molecule has 16 heavy (non-hydrogen) atoms. The van der Waals surface area contributed by atoms with E-state index < -0.39 is 0 Å². The van der Waals surface area contributed by atoms with Crippen molar-refractivity contribution in [3.05, 3.63) is 34.8 Å². The van der Waals surface area contributed by atoms with Gasteiger partial charge in [-0.05, 0) is 22.0 Å². The fraction of sp³-hybridized carbons (Fsp3) is 0.200. The van der Waals surface area contributed by atoms with Gasteiger partial charge in [-0.25, -0.2) is 0 Å². The normalized spacial score (nSPS) is 10.4. The predicted molar refractivity (Wildman–Crippen MR) is 64.3 cm³/mol. The summed E-state index contributed by atoms with van der Waals surface area (Å²) in [4.78, 5) is 11.9. The summed E-state index contributed by atoms with van der Waals surface area (Å²) < 4.78 is 4.28. The topological polar surface area (TPSA) is 51.9 Å². The molecular weight excluding hydrogens is 272 g/mol. The molecular formula is C10H11BrN4O. The molecule has 0 aliphatic carbocycles. The molecule has 0 aliphatic rings. The third-order valence-corrected chi connectivity index (χ3v) is 2.60. The van der Waals surface area contributed by atoms with Crippen LogP contribution < -0.4 is 5.32 Å². The van der Waals surface area contributed by atoms with Crippen molar-refractivity contribution in [1.29, 1.82) is 0 Å². The van der Waals surface area contributed by atoms with Crippen molar-refractivity contribution in [2.45, 2.75) is 0 Å². The molecule has 0 aromatic carbocycles. The average molecular weight is 283 g/mol. The van der Waals surface area contributed by atoms with Crippen molar-refractivity contribution >= 4 is 27.5 Å². The molecule has 84 valence electrons. The summed E-state index contributed by atoms with van der Waals surface area (Å²) in [5.41, 5.74) is 1.28. The molecule has 0 saturated heterocycles. The van der Waals surface area contributed by atoms with E-state index in [9.17, 15) is 4.79 Å². The Kier molecular flexibility index (Phi) is 2.82. The lowest BCUT2D eigenvalue weighted by Crippen LogP contribution is -2.14. The van der Waals surface area contributed by atoms with Crippen LogP contribution in [-0.2, 0) is 14.1 Å². The first-order valence-corrected chi connectivity index (χ1v) is 5.47. The van der Waals surface area contributed by atoms with Gasteiger partial charge in [0.05, 0.1) is 11.9 Å². The van der Waals surface area contributed by atoms with Gasteiger partial charge in [0.25, 0.3) is 5.91 Å². The smallest absolute Gasteiger partial charge is 0.272 e. The summed E-state index contributed by atoms with van der Waals surface area (Å²) in [7, 11) is 3.62. The van der Waals surface area contributed by atoms with Crippen molar-refractivity contribution in [2.75, 3.05) is 5.32 Å². The SMILES string of the molecule is Cn1cc(NC(=O)c2cc(Br)cn2C)cn1. The number of aromatic nitrogens is 3. The molecule has 0 aliphatic heterocycles. The molecule has 1 amide bonds. The van der Waals surface area contributed by atoms with E-state index in [2.05, 4.69) is 26.3 Å². The largest absolute Gasteiger partial charge is 0.345 e. The molecule has 0 fully saturated rings. The number of halogens is 1. The second kappa shape index (κ2) is 4.13. The van der Waals surface area contributed by atoms with Crippen LogP contribution in [0.1, 0.15) is 10.5 Å². The second-order valence-corrected chi connectivity index (χ2v) is 4.43. The van der Waals surface area contributed by atoms with Crippen LogP contribution in [-0.4, -0.2) is 20.3 Å². The molecule has 2 aromatic rings. The van der Waals surface area contributed by atoms with Crippen molar-refractivity contribution in [2.24, 2.45) is 14.1 Å². The maximum absolute atomic E-state index is 11.9. The minimum Gasteiger partial charge on any atom is -0.345 e. The van der Waals surface area contributed by atoms with Crippen LogP contribution in [0.5, 0.6) is 0 Å². The van der Waals surface area contributed by atoms with E-state index in [1.54, 1.807) is 34.8 Å². The predicted octanol–water partition coefficient (Wildman–Crippen LogP) is 1.77. The number of amides is 1. The summed E-state index contributed by atoms with van der Waals surface area (Å²) in [5, 5.41) is 6.75. The lowest BCUT2D eigenvalue weighted by Gasteiger charge is -2.02. The molecule has 0 unspecified atom stereocenters. The molecule has 2 heterocycles. The molecule has 6 heteroatoms. The monoisotopic (exact) mass is 282 g/mol. The summed E-state index contributed by atoms with van der Waals surface area (Å²) in [6, 6.07) is 1.77. The molecule has 2 rings (SSSR count). The Labute approximate surface area is 101 Å². The van der Waals surface area contributed by atoms with Gasteiger partial charge in [0, 0.05) is 31.0 Å². The van der Waals surface area contributed by atoms with Crippen LogP contribution in [0.3, 0.4) is 0 Å². The quantitative estimate of drug-likeness (QED) is 0.913. The maximum Gasteiger partial charge on any atom is 0.272 e. The lowest BCUT2D eigenvalue weighted by atomic mass is 10.4. The highest BCUT2D eigenvalue weighted by molar-refractivity contribution is 9.10. The number of hydrogen-bond donors (Lipinski definition) is 1. The molecule has 0 spiro atoms. The Morgan fingerprint density at radius 3 is 2.69 bits per heavy atom. The van der Waals surface area contributed by atoms with Crippen LogP contribution in [0.25, 0.3) is 0 Å². The summed E-state index contributed by atoms with van der Waals surface area (Å²) in [5.74, 6) is -0.152. The van der Waals surface area contributed by atoms with Crippen molar-refractivity contribution < 1.29 is 4.79 Å². The third kappa shape index (κ3) is 2.16. The standard InChI is InChI=1S/C10H11BrN4O/c1-14-5-7(11)3-9(14)10(16)13-8-4-12-15(2)6-8/h3-6H,1-2H3,(H,13,16). The van der Waals surface area contributed by atoms with Crippen LogP contribution in [0, 0.1) is 0 Å². The Morgan fingerprint density at radius 2 is 2.19 bits per heavy atom. The van der Waals surface area contributed by atoms with Crippen molar-refractivity contribution in [3.8, 4) is 0 Å². The Morgan fingerprint density at radius 1 is 1.44 bits per heavy atom. The first-order valence-electron chi connectivity index (χ1n) is 4.68. The van der Waals surface area contributed by atoms with Crippen LogP contribution in [0.15, 0.2) is 29.1 Å². The van der Waals surface area contributed by atoms with Gasteiger partial charge in [0.1, 0.15) is 5.69 Å². The van der Waals surface area contributed by atoms with Crippen molar-refractivity contribution in [1.82, 2.24) is 14.3 Å². The van der Waals surface area contributed by atoms with E-state index in [1.807, 2.05) is 13.2 Å². The van der Waals surface area contributed by atoms with Crippen LogP contribution in [0.4, 0.5) is 5.69 Å². The fourth-order valence-electron chi connectivity index (χ4n) is 1.43. The number of nitrogens with zero attached hydrogens (tertiary/aromatic N) is 3. The number of aryl methyl sites for hydroxylation is 2. The summed E-state index contributed by atoms with van der Waals surface area (Å²) in [6.07, 6.45) is 5.18. The number of nitrogens with one attached hydrogen (secondary N) is 1. The zero-order valence-electron chi connectivity index (χ0n) is 8.94. The first-order chi connectivity index (χ1) is 7.56. The molecule has 5 nitrogen and oxygen atoms in total. The van der Waals surface area contributed by atoms with E-state index in [-0.39, 0.29) is 5.91 Å². The minimum atomic E-state index is -0.152. The van der Waals surface area contributed by atoms with Crippen LogP contribution >= 0.6 is 15.9 Å². The van der Waals surface area contributed by atoms with Gasteiger partial charge < -0.3 is 9.88 Å². The van der Waals surface area contributed by atoms with Crippen LogP contribution in [0.2, 0.25) is 0 Å². The highest BCUT2D eigenvalue weighted by Crippen LogP contribution is 2.15.